The van der Waals surface area contributed by atoms with Crippen molar-refractivity contribution in [3.8, 4) is 5.75 Å². The second-order valence-electron chi connectivity index (χ2n) is 5.95. The van der Waals surface area contributed by atoms with Gasteiger partial charge in [-0.2, -0.15) is 13.2 Å². The van der Waals surface area contributed by atoms with Crippen molar-refractivity contribution in [2.24, 2.45) is 0 Å². The standard InChI is InChI=1S/C19H17F3N2O6/c1-3-29-16-9-8-12(10-15(16)24(27)28)18(26)30-11(2)17(25)23-14-7-5-4-6-13(14)19(20,21)22/h4-11H,3H2,1-2H3,(H,23,25). The van der Waals surface area contributed by atoms with Crippen LogP contribution >= 0.6 is 0 Å². The van der Waals surface area contributed by atoms with Gasteiger partial charge in [-0.1, -0.05) is 12.1 Å². The van der Waals surface area contributed by atoms with Crippen LogP contribution in [-0.2, 0) is 15.7 Å². The number of ether oxygens (including phenoxy) is 2. The van der Waals surface area contributed by atoms with E-state index >= 15 is 0 Å². The predicted molar refractivity (Wildman–Crippen MR) is 99.2 cm³/mol. The summed E-state index contributed by atoms with van der Waals surface area (Å²) in [6, 6.07) is 7.68. The number of carbonyl (C=O) groups is 2. The smallest absolute Gasteiger partial charge is 0.418 e. The summed E-state index contributed by atoms with van der Waals surface area (Å²) in [7, 11) is 0. The Labute approximate surface area is 168 Å². The van der Waals surface area contributed by atoms with Crippen LogP contribution in [0.15, 0.2) is 42.5 Å². The summed E-state index contributed by atoms with van der Waals surface area (Å²) in [5.74, 6) is -2.11. The number of hydrogen-bond donors (Lipinski definition) is 1. The highest BCUT2D eigenvalue weighted by molar-refractivity contribution is 5.98. The first-order chi connectivity index (χ1) is 14.0. The Morgan fingerprint density at radius 3 is 2.47 bits per heavy atom. The summed E-state index contributed by atoms with van der Waals surface area (Å²) in [6.07, 6.45) is -6.16. The lowest BCUT2D eigenvalue weighted by Gasteiger charge is -2.17. The molecule has 0 bridgehead atoms. The van der Waals surface area contributed by atoms with E-state index < -0.39 is 46.0 Å². The lowest BCUT2D eigenvalue weighted by molar-refractivity contribution is -0.385. The minimum absolute atomic E-state index is 0.0476. The lowest BCUT2D eigenvalue weighted by Crippen LogP contribution is -2.30. The number of nitro benzene ring substituents is 1. The van der Waals surface area contributed by atoms with Crippen LogP contribution in [0, 0.1) is 10.1 Å². The first kappa shape index (κ1) is 22.7. The second kappa shape index (κ2) is 9.25. The topological polar surface area (TPSA) is 108 Å². The molecule has 2 aromatic carbocycles. The monoisotopic (exact) mass is 426 g/mol. The number of nitrogens with zero attached hydrogens (tertiary/aromatic N) is 1. The molecule has 11 heteroatoms. The Morgan fingerprint density at radius 2 is 1.87 bits per heavy atom. The van der Waals surface area contributed by atoms with Crippen LogP contribution < -0.4 is 10.1 Å². The quantitative estimate of drug-likeness (QED) is 0.404. The zero-order chi connectivity index (χ0) is 22.5. The van der Waals surface area contributed by atoms with E-state index in [1.807, 2.05) is 0 Å². The number of nitrogens with one attached hydrogen (secondary N) is 1. The Hall–Kier alpha value is -3.63. The maximum atomic E-state index is 13.0. The van der Waals surface area contributed by atoms with Crippen molar-refractivity contribution in [3.05, 3.63) is 63.7 Å². The molecule has 0 aliphatic carbocycles. The SMILES string of the molecule is CCOc1ccc(C(=O)OC(C)C(=O)Nc2ccccc2C(F)(F)F)cc1[N+](=O)[O-]. The number of benzene rings is 2. The van der Waals surface area contributed by atoms with Gasteiger partial charge in [0.2, 0.25) is 0 Å². The first-order valence-electron chi connectivity index (χ1n) is 8.64. The molecule has 0 saturated carbocycles. The number of alkyl halides is 3. The number of anilines is 1. The zero-order valence-electron chi connectivity index (χ0n) is 15.9. The average molecular weight is 426 g/mol. The summed E-state index contributed by atoms with van der Waals surface area (Å²) in [4.78, 5) is 34.8. The Kier molecular flexibility index (Phi) is 6.98. The maximum Gasteiger partial charge on any atom is 0.418 e. The van der Waals surface area contributed by atoms with Gasteiger partial charge < -0.3 is 14.8 Å². The number of rotatable bonds is 7. The zero-order valence-corrected chi connectivity index (χ0v) is 15.9. The highest BCUT2D eigenvalue weighted by Gasteiger charge is 2.34. The number of amides is 1. The lowest BCUT2D eigenvalue weighted by atomic mass is 10.1. The number of hydrogen-bond acceptors (Lipinski definition) is 6. The van der Waals surface area contributed by atoms with Crippen LogP contribution in [0.1, 0.15) is 29.8 Å². The van der Waals surface area contributed by atoms with Gasteiger partial charge in [-0.25, -0.2) is 4.79 Å². The molecule has 2 rings (SSSR count). The van der Waals surface area contributed by atoms with Crippen molar-refractivity contribution >= 4 is 23.3 Å². The third-order valence-electron chi connectivity index (χ3n) is 3.83. The Balaban J connectivity index is 2.14. The predicted octanol–water partition coefficient (Wildman–Crippen LogP) is 4.20. The van der Waals surface area contributed by atoms with E-state index in [0.29, 0.717) is 0 Å². The van der Waals surface area contributed by atoms with Gasteiger partial charge in [0.25, 0.3) is 5.91 Å². The molecule has 160 valence electrons. The normalized spacial score (nSPS) is 12.0. The molecule has 1 atom stereocenters. The third kappa shape index (κ3) is 5.46. The molecule has 1 amide bonds. The van der Waals surface area contributed by atoms with E-state index in [9.17, 15) is 32.9 Å². The summed E-state index contributed by atoms with van der Waals surface area (Å²) in [5.41, 5.74) is -2.24. The van der Waals surface area contributed by atoms with Gasteiger partial charge in [0, 0.05) is 6.07 Å². The highest BCUT2D eigenvalue weighted by atomic mass is 19.4. The molecule has 0 fully saturated rings. The molecule has 1 unspecified atom stereocenters. The molecule has 1 N–H and O–H groups in total. The van der Waals surface area contributed by atoms with E-state index in [2.05, 4.69) is 5.32 Å². The van der Waals surface area contributed by atoms with Gasteiger partial charge in [-0.3, -0.25) is 14.9 Å². The molecule has 2 aromatic rings. The Morgan fingerprint density at radius 1 is 1.20 bits per heavy atom. The van der Waals surface area contributed by atoms with Crippen molar-refractivity contribution in [1.82, 2.24) is 0 Å². The second-order valence-corrected chi connectivity index (χ2v) is 5.95. The molecule has 0 aliphatic heterocycles. The fourth-order valence-corrected chi connectivity index (χ4v) is 2.42. The van der Waals surface area contributed by atoms with Crippen molar-refractivity contribution in [3.63, 3.8) is 0 Å². The molecular formula is C19H17F3N2O6. The number of carbonyl (C=O) groups excluding carboxylic acids is 2. The molecule has 0 heterocycles. The average Bonchev–Trinajstić information content (AvgIpc) is 2.67. The van der Waals surface area contributed by atoms with Crippen LogP contribution in [0.3, 0.4) is 0 Å². The van der Waals surface area contributed by atoms with Gasteiger partial charge >= 0.3 is 17.8 Å². The summed E-state index contributed by atoms with van der Waals surface area (Å²) >= 11 is 0. The summed E-state index contributed by atoms with van der Waals surface area (Å²) < 4.78 is 49.1. The summed E-state index contributed by atoms with van der Waals surface area (Å²) in [5, 5.41) is 13.2. The highest BCUT2D eigenvalue weighted by Crippen LogP contribution is 2.34. The van der Waals surface area contributed by atoms with Gasteiger partial charge in [0.15, 0.2) is 11.9 Å². The van der Waals surface area contributed by atoms with E-state index in [4.69, 9.17) is 9.47 Å². The largest absolute Gasteiger partial charge is 0.487 e. The van der Waals surface area contributed by atoms with Gasteiger partial charge in [-0.15, -0.1) is 0 Å². The van der Waals surface area contributed by atoms with Crippen LogP contribution in [0.2, 0.25) is 0 Å². The van der Waals surface area contributed by atoms with Crippen molar-refractivity contribution in [2.45, 2.75) is 26.1 Å². The fourth-order valence-electron chi connectivity index (χ4n) is 2.42. The molecule has 0 aromatic heterocycles. The van der Waals surface area contributed by atoms with Crippen molar-refractivity contribution in [1.29, 1.82) is 0 Å². The summed E-state index contributed by atoms with van der Waals surface area (Å²) in [6.45, 7) is 2.96. The van der Waals surface area contributed by atoms with E-state index in [-0.39, 0.29) is 17.9 Å². The van der Waals surface area contributed by atoms with Crippen LogP contribution in [0.25, 0.3) is 0 Å². The van der Waals surface area contributed by atoms with Crippen LogP contribution in [-0.4, -0.2) is 29.5 Å². The van der Waals surface area contributed by atoms with E-state index in [1.165, 1.54) is 24.3 Å². The number of halogens is 3. The number of esters is 1. The van der Waals surface area contributed by atoms with E-state index in [1.54, 1.807) is 6.92 Å². The number of nitro groups is 1. The molecule has 0 aliphatic rings. The van der Waals surface area contributed by atoms with Crippen LogP contribution in [0.4, 0.5) is 24.5 Å². The van der Waals surface area contributed by atoms with Crippen molar-refractivity contribution < 1.29 is 37.2 Å². The Bertz CT molecular complexity index is 962. The van der Waals surface area contributed by atoms with Crippen molar-refractivity contribution in [2.75, 3.05) is 11.9 Å². The molecule has 0 spiro atoms. The minimum Gasteiger partial charge on any atom is -0.487 e. The molecular weight excluding hydrogens is 409 g/mol. The van der Waals surface area contributed by atoms with Gasteiger partial charge in [0.05, 0.1) is 28.3 Å². The van der Waals surface area contributed by atoms with E-state index in [0.717, 1.165) is 25.1 Å². The molecule has 0 saturated heterocycles. The minimum atomic E-state index is -4.69. The van der Waals surface area contributed by atoms with Gasteiger partial charge in [0.1, 0.15) is 0 Å². The molecule has 0 radical (unpaired) electrons. The van der Waals surface area contributed by atoms with Gasteiger partial charge in [-0.05, 0) is 38.1 Å². The first-order valence-corrected chi connectivity index (χ1v) is 8.64. The number of para-hydroxylation sites is 1. The third-order valence-corrected chi connectivity index (χ3v) is 3.83. The molecule has 30 heavy (non-hydrogen) atoms. The van der Waals surface area contributed by atoms with Crippen LogP contribution in [0.5, 0.6) is 5.75 Å². The maximum absolute atomic E-state index is 13.0. The molecule has 8 nitrogen and oxygen atoms in total. The fraction of sp³-hybridized carbons (Fsp3) is 0.263.